The van der Waals surface area contributed by atoms with Gasteiger partial charge in [0.1, 0.15) is 5.82 Å². The van der Waals surface area contributed by atoms with Crippen LogP contribution in [0.15, 0.2) is 42.5 Å². The summed E-state index contributed by atoms with van der Waals surface area (Å²) in [5, 5.41) is 0. The topological polar surface area (TPSA) is 64.6 Å². The van der Waals surface area contributed by atoms with Gasteiger partial charge in [0.25, 0.3) is 0 Å². The molecule has 5 nitrogen and oxygen atoms in total. The lowest BCUT2D eigenvalue weighted by Crippen LogP contribution is -2.28. The van der Waals surface area contributed by atoms with Gasteiger partial charge in [0.2, 0.25) is 10.0 Å². The second kappa shape index (κ2) is 7.63. The van der Waals surface area contributed by atoms with E-state index in [0.717, 1.165) is 0 Å². The van der Waals surface area contributed by atoms with Gasteiger partial charge in [0, 0.05) is 11.6 Å². The zero-order valence-electron chi connectivity index (χ0n) is 13.7. The molecule has 0 saturated carbocycles. The van der Waals surface area contributed by atoms with Gasteiger partial charge in [0.05, 0.1) is 20.0 Å². The van der Waals surface area contributed by atoms with E-state index in [4.69, 9.17) is 9.47 Å². The Morgan fingerprint density at radius 2 is 1.75 bits per heavy atom. The smallest absolute Gasteiger partial charge is 0.216 e. The van der Waals surface area contributed by atoms with Gasteiger partial charge in [-0.2, -0.15) is 0 Å². The zero-order chi connectivity index (χ0) is 17.7. The fourth-order valence-corrected chi connectivity index (χ4v) is 3.72. The van der Waals surface area contributed by atoms with Gasteiger partial charge < -0.3 is 9.47 Å². The van der Waals surface area contributed by atoms with Crippen molar-refractivity contribution in [3.8, 4) is 11.5 Å². The Kier molecular flexibility index (Phi) is 5.80. The number of rotatable bonds is 7. The first kappa shape index (κ1) is 18.2. The van der Waals surface area contributed by atoms with Gasteiger partial charge in [-0.15, -0.1) is 0 Å². The SMILES string of the molecule is COc1ccc([C@@H](C)NS(=O)(=O)Cc2ccccc2F)cc1OC. The number of halogens is 1. The van der Waals surface area contributed by atoms with Crippen molar-refractivity contribution in [2.24, 2.45) is 0 Å². The van der Waals surface area contributed by atoms with Gasteiger partial charge in [-0.3, -0.25) is 0 Å². The number of benzene rings is 2. The van der Waals surface area contributed by atoms with E-state index in [1.807, 2.05) is 0 Å². The average Bonchev–Trinajstić information content (AvgIpc) is 2.55. The molecule has 7 heteroatoms. The molecule has 2 aromatic carbocycles. The summed E-state index contributed by atoms with van der Waals surface area (Å²) in [6, 6.07) is 10.5. The first-order valence-corrected chi connectivity index (χ1v) is 8.97. The highest BCUT2D eigenvalue weighted by molar-refractivity contribution is 7.88. The van der Waals surface area contributed by atoms with E-state index < -0.39 is 27.6 Å². The molecule has 1 atom stereocenters. The zero-order valence-corrected chi connectivity index (χ0v) is 14.6. The van der Waals surface area contributed by atoms with E-state index in [0.29, 0.717) is 17.1 Å². The van der Waals surface area contributed by atoms with Crippen LogP contribution in [0.25, 0.3) is 0 Å². The van der Waals surface area contributed by atoms with Crippen LogP contribution >= 0.6 is 0 Å². The molecule has 0 heterocycles. The summed E-state index contributed by atoms with van der Waals surface area (Å²) in [5.41, 5.74) is 0.842. The van der Waals surface area contributed by atoms with E-state index in [2.05, 4.69) is 4.72 Å². The summed E-state index contributed by atoms with van der Waals surface area (Å²) in [6.07, 6.45) is 0. The second-order valence-corrected chi connectivity index (χ2v) is 7.06. The molecule has 2 aromatic rings. The second-order valence-electron chi connectivity index (χ2n) is 5.30. The van der Waals surface area contributed by atoms with Crippen LogP contribution in [0, 0.1) is 5.82 Å². The van der Waals surface area contributed by atoms with Crippen molar-refractivity contribution < 1.29 is 22.3 Å². The Morgan fingerprint density at radius 3 is 2.38 bits per heavy atom. The molecule has 0 aliphatic heterocycles. The number of nitrogens with one attached hydrogen (secondary N) is 1. The van der Waals surface area contributed by atoms with Crippen LogP contribution in [0.4, 0.5) is 4.39 Å². The van der Waals surface area contributed by atoms with Gasteiger partial charge >= 0.3 is 0 Å². The maximum atomic E-state index is 13.6. The van der Waals surface area contributed by atoms with E-state index in [9.17, 15) is 12.8 Å². The minimum Gasteiger partial charge on any atom is -0.493 e. The molecule has 2 rings (SSSR count). The molecule has 0 aliphatic rings. The Labute approximate surface area is 141 Å². The van der Waals surface area contributed by atoms with Crippen LogP contribution in [0.5, 0.6) is 11.5 Å². The largest absolute Gasteiger partial charge is 0.493 e. The molecule has 130 valence electrons. The fraction of sp³-hybridized carbons (Fsp3) is 0.294. The summed E-state index contributed by atoms with van der Waals surface area (Å²) in [4.78, 5) is 0. The molecule has 0 unspecified atom stereocenters. The van der Waals surface area contributed by atoms with Gasteiger partial charge in [-0.05, 0) is 30.7 Å². The van der Waals surface area contributed by atoms with Crippen LogP contribution in [-0.2, 0) is 15.8 Å². The van der Waals surface area contributed by atoms with E-state index in [-0.39, 0.29) is 5.56 Å². The van der Waals surface area contributed by atoms with Crippen molar-refractivity contribution in [3.05, 3.63) is 59.4 Å². The maximum Gasteiger partial charge on any atom is 0.216 e. The molecular weight excluding hydrogens is 333 g/mol. The summed E-state index contributed by atoms with van der Waals surface area (Å²) < 4.78 is 51.1. The quantitative estimate of drug-likeness (QED) is 0.831. The highest BCUT2D eigenvalue weighted by Crippen LogP contribution is 2.30. The van der Waals surface area contributed by atoms with Crippen molar-refractivity contribution in [1.82, 2.24) is 4.72 Å². The van der Waals surface area contributed by atoms with E-state index >= 15 is 0 Å². The van der Waals surface area contributed by atoms with Crippen molar-refractivity contribution in [2.45, 2.75) is 18.7 Å². The highest BCUT2D eigenvalue weighted by Gasteiger charge is 2.19. The molecule has 0 bridgehead atoms. The molecule has 0 spiro atoms. The number of sulfonamides is 1. The molecule has 0 aliphatic carbocycles. The number of hydrogen-bond acceptors (Lipinski definition) is 4. The lowest BCUT2D eigenvalue weighted by atomic mass is 10.1. The first-order chi connectivity index (χ1) is 11.4. The number of ether oxygens (including phenoxy) is 2. The Bertz CT molecular complexity index is 808. The predicted molar refractivity (Wildman–Crippen MR) is 90.1 cm³/mol. The molecule has 0 fully saturated rings. The molecule has 1 N–H and O–H groups in total. The lowest BCUT2D eigenvalue weighted by molar-refractivity contribution is 0.354. The first-order valence-electron chi connectivity index (χ1n) is 7.31. The van der Waals surface area contributed by atoms with Gasteiger partial charge in [-0.1, -0.05) is 24.3 Å². The molecule has 0 aromatic heterocycles. The summed E-state index contributed by atoms with van der Waals surface area (Å²) in [6.45, 7) is 1.71. The van der Waals surface area contributed by atoms with Gasteiger partial charge in [0.15, 0.2) is 11.5 Å². The van der Waals surface area contributed by atoms with Gasteiger partial charge in [-0.25, -0.2) is 17.5 Å². The van der Waals surface area contributed by atoms with Crippen molar-refractivity contribution in [3.63, 3.8) is 0 Å². The number of hydrogen-bond donors (Lipinski definition) is 1. The van der Waals surface area contributed by atoms with Crippen LogP contribution in [0.3, 0.4) is 0 Å². The maximum absolute atomic E-state index is 13.6. The fourth-order valence-electron chi connectivity index (χ4n) is 2.32. The van der Waals surface area contributed by atoms with E-state index in [1.54, 1.807) is 31.2 Å². The summed E-state index contributed by atoms with van der Waals surface area (Å²) in [5.74, 6) is 0.108. The third-order valence-electron chi connectivity index (χ3n) is 3.57. The van der Waals surface area contributed by atoms with Crippen molar-refractivity contribution in [2.75, 3.05) is 14.2 Å². The van der Waals surface area contributed by atoms with Crippen LogP contribution < -0.4 is 14.2 Å². The average molecular weight is 353 g/mol. The van der Waals surface area contributed by atoms with Crippen LogP contribution in [-0.4, -0.2) is 22.6 Å². The molecule has 0 amide bonds. The normalized spacial score (nSPS) is 12.7. The molecule has 0 radical (unpaired) electrons. The van der Waals surface area contributed by atoms with Crippen molar-refractivity contribution >= 4 is 10.0 Å². The van der Waals surface area contributed by atoms with Crippen LogP contribution in [0.1, 0.15) is 24.1 Å². The molecular formula is C17H20FNO4S. The standard InChI is InChI=1S/C17H20FNO4S/c1-12(13-8-9-16(22-2)17(10-13)23-3)19-24(20,21)11-14-6-4-5-7-15(14)18/h4-10,12,19H,11H2,1-3H3/t12-/m1/s1. The minimum atomic E-state index is -3.70. The minimum absolute atomic E-state index is 0.129. The summed E-state index contributed by atoms with van der Waals surface area (Å²) >= 11 is 0. The molecule has 0 saturated heterocycles. The van der Waals surface area contributed by atoms with Crippen molar-refractivity contribution in [1.29, 1.82) is 0 Å². The lowest BCUT2D eigenvalue weighted by Gasteiger charge is -2.17. The predicted octanol–water partition coefficient (Wildman–Crippen LogP) is 3.02. The third-order valence-corrected chi connectivity index (χ3v) is 4.97. The number of methoxy groups -OCH3 is 2. The Morgan fingerprint density at radius 1 is 1.08 bits per heavy atom. The Hall–Kier alpha value is -2.12. The third kappa shape index (κ3) is 4.46. The summed E-state index contributed by atoms with van der Waals surface area (Å²) in [7, 11) is -0.667. The van der Waals surface area contributed by atoms with E-state index in [1.165, 1.54) is 32.4 Å². The van der Waals surface area contributed by atoms with Crippen LogP contribution in [0.2, 0.25) is 0 Å². The molecule has 24 heavy (non-hydrogen) atoms. The monoisotopic (exact) mass is 353 g/mol. The highest BCUT2D eigenvalue weighted by atomic mass is 32.2. The Balaban J connectivity index is 2.16.